The third-order valence-electron chi connectivity index (χ3n) is 3.08. The maximum absolute atomic E-state index is 13.5. The maximum Gasteiger partial charge on any atom is 0.200 e. The molecule has 20 heavy (non-hydrogen) atoms. The first-order valence-electron chi connectivity index (χ1n) is 6.15. The van der Waals surface area contributed by atoms with E-state index in [4.69, 9.17) is 4.74 Å². The number of ketones is 1. The van der Waals surface area contributed by atoms with Crippen LogP contribution in [0.1, 0.15) is 21.5 Å². The van der Waals surface area contributed by atoms with Crippen LogP contribution in [-0.4, -0.2) is 12.4 Å². The summed E-state index contributed by atoms with van der Waals surface area (Å²) in [7, 11) is 0. The third kappa shape index (κ3) is 3.45. The molecule has 104 valence electrons. The summed E-state index contributed by atoms with van der Waals surface area (Å²) in [6, 6.07) is 9.84. The second-order valence-electron chi connectivity index (χ2n) is 4.59. The van der Waals surface area contributed by atoms with Crippen LogP contribution in [0.5, 0.6) is 5.75 Å². The van der Waals surface area contributed by atoms with Crippen LogP contribution in [0.4, 0.5) is 4.39 Å². The van der Waals surface area contributed by atoms with Crippen LogP contribution < -0.4 is 4.74 Å². The van der Waals surface area contributed by atoms with Crippen LogP contribution in [0.2, 0.25) is 0 Å². The standard InChI is InChI=1S/C16H14BrFO2/c1-10-3-4-12(7-11(10)2)15(19)9-20-16-8-13(17)5-6-14(16)18/h3-8H,9H2,1-2H3. The number of carbonyl (C=O) groups excluding carboxylic acids is 1. The zero-order chi connectivity index (χ0) is 14.7. The molecule has 0 bridgehead atoms. The summed E-state index contributed by atoms with van der Waals surface area (Å²) < 4.78 is 19.4. The van der Waals surface area contributed by atoms with Gasteiger partial charge in [0.2, 0.25) is 0 Å². The summed E-state index contributed by atoms with van der Waals surface area (Å²) in [5.74, 6) is -0.592. The molecule has 0 saturated heterocycles. The predicted molar refractivity (Wildman–Crippen MR) is 79.8 cm³/mol. The summed E-state index contributed by atoms with van der Waals surface area (Å²) in [6.07, 6.45) is 0. The van der Waals surface area contributed by atoms with Crippen molar-refractivity contribution in [3.8, 4) is 5.75 Å². The van der Waals surface area contributed by atoms with Gasteiger partial charge in [-0.3, -0.25) is 4.79 Å². The van der Waals surface area contributed by atoms with Crippen LogP contribution in [-0.2, 0) is 0 Å². The molecule has 2 aromatic rings. The second kappa shape index (κ2) is 6.18. The van der Waals surface area contributed by atoms with Crippen molar-refractivity contribution in [1.82, 2.24) is 0 Å². The highest BCUT2D eigenvalue weighted by molar-refractivity contribution is 9.10. The van der Waals surface area contributed by atoms with E-state index < -0.39 is 5.82 Å². The van der Waals surface area contributed by atoms with E-state index in [0.29, 0.717) is 10.0 Å². The number of hydrogen-bond acceptors (Lipinski definition) is 2. The van der Waals surface area contributed by atoms with Crippen molar-refractivity contribution in [1.29, 1.82) is 0 Å². The summed E-state index contributed by atoms with van der Waals surface area (Å²) in [4.78, 5) is 12.0. The van der Waals surface area contributed by atoms with Crippen molar-refractivity contribution in [3.05, 3.63) is 63.4 Å². The molecule has 0 heterocycles. The Balaban J connectivity index is 2.08. The predicted octanol–water partition coefficient (Wildman–Crippen LogP) is 4.47. The Morgan fingerprint density at radius 1 is 1.15 bits per heavy atom. The van der Waals surface area contributed by atoms with Crippen molar-refractivity contribution >= 4 is 21.7 Å². The number of rotatable bonds is 4. The van der Waals surface area contributed by atoms with E-state index in [2.05, 4.69) is 15.9 Å². The summed E-state index contributed by atoms with van der Waals surface area (Å²) in [6.45, 7) is 3.74. The van der Waals surface area contributed by atoms with Gasteiger partial charge in [0.25, 0.3) is 0 Å². The van der Waals surface area contributed by atoms with Gasteiger partial charge in [-0.25, -0.2) is 4.39 Å². The van der Waals surface area contributed by atoms with E-state index in [-0.39, 0.29) is 18.1 Å². The van der Waals surface area contributed by atoms with Gasteiger partial charge in [0.15, 0.2) is 24.0 Å². The topological polar surface area (TPSA) is 26.3 Å². The fraction of sp³-hybridized carbons (Fsp3) is 0.188. The van der Waals surface area contributed by atoms with E-state index in [1.165, 1.54) is 12.1 Å². The molecule has 0 fully saturated rings. The largest absolute Gasteiger partial charge is 0.482 e. The Bertz CT molecular complexity index is 653. The minimum absolute atomic E-state index is 0.0663. The lowest BCUT2D eigenvalue weighted by Crippen LogP contribution is -2.12. The summed E-state index contributed by atoms with van der Waals surface area (Å²) >= 11 is 3.23. The minimum atomic E-state index is -0.485. The van der Waals surface area contributed by atoms with Gasteiger partial charge in [0, 0.05) is 10.0 Å². The number of benzene rings is 2. The molecule has 0 atom stereocenters. The lowest BCUT2D eigenvalue weighted by atomic mass is 10.0. The highest BCUT2D eigenvalue weighted by Crippen LogP contribution is 2.22. The first-order chi connectivity index (χ1) is 9.47. The Morgan fingerprint density at radius 3 is 2.60 bits per heavy atom. The molecular formula is C16H14BrFO2. The Labute approximate surface area is 125 Å². The van der Waals surface area contributed by atoms with Crippen LogP contribution in [0.15, 0.2) is 40.9 Å². The molecule has 0 unspecified atom stereocenters. The van der Waals surface area contributed by atoms with E-state index in [1.54, 1.807) is 12.1 Å². The van der Waals surface area contributed by atoms with Crippen molar-refractivity contribution in [2.24, 2.45) is 0 Å². The normalized spacial score (nSPS) is 10.4. The number of hydrogen-bond donors (Lipinski definition) is 0. The molecule has 0 aliphatic rings. The number of ether oxygens (including phenoxy) is 1. The molecule has 0 aromatic heterocycles. The molecule has 0 amide bonds. The fourth-order valence-electron chi connectivity index (χ4n) is 1.73. The van der Waals surface area contributed by atoms with Crippen molar-refractivity contribution in [2.45, 2.75) is 13.8 Å². The smallest absolute Gasteiger partial charge is 0.200 e. The third-order valence-corrected chi connectivity index (χ3v) is 3.57. The van der Waals surface area contributed by atoms with Crippen LogP contribution in [0, 0.1) is 19.7 Å². The summed E-state index contributed by atoms with van der Waals surface area (Å²) in [5.41, 5.74) is 2.74. The van der Waals surface area contributed by atoms with Gasteiger partial charge in [-0.05, 0) is 49.2 Å². The SMILES string of the molecule is Cc1ccc(C(=O)COc2cc(Br)ccc2F)cc1C. The molecular weight excluding hydrogens is 323 g/mol. The molecule has 0 aliphatic carbocycles. The molecule has 0 saturated carbocycles. The average molecular weight is 337 g/mol. The lowest BCUT2D eigenvalue weighted by molar-refractivity contribution is 0.0918. The zero-order valence-corrected chi connectivity index (χ0v) is 12.8. The Kier molecular flexibility index (Phi) is 4.55. The first-order valence-corrected chi connectivity index (χ1v) is 6.95. The minimum Gasteiger partial charge on any atom is -0.482 e. The average Bonchev–Trinajstić information content (AvgIpc) is 2.42. The molecule has 0 N–H and O–H groups in total. The highest BCUT2D eigenvalue weighted by atomic mass is 79.9. The number of Topliss-reactive ketones (excluding diaryl/α,β-unsaturated/α-hetero) is 1. The van der Waals surface area contributed by atoms with Crippen LogP contribution in [0.25, 0.3) is 0 Å². The molecule has 0 spiro atoms. The number of halogens is 2. The molecule has 4 heteroatoms. The quantitative estimate of drug-likeness (QED) is 0.770. The van der Waals surface area contributed by atoms with E-state index >= 15 is 0 Å². The van der Waals surface area contributed by atoms with Crippen molar-refractivity contribution in [3.63, 3.8) is 0 Å². The van der Waals surface area contributed by atoms with Crippen LogP contribution in [0.3, 0.4) is 0 Å². The first kappa shape index (κ1) is 14.7. The van der Waals surface area contributed by atoms with Crippen molar-refractivity contribution < 1.29 is 13.9 Å². The molecule has 2 rings (SSSR count). The van der Waals surface area contributed by atoms with Crippen LogP contribution >= 0.6 is 15.9 Å². The van der Waals surface area contributed by atoms with E-state index in [0.717, 1.165) is 11.1 Å². The van der Waals surface area contributed by atoms with E-state index in [1.807, 2.05) is 26.0 Å². The monoisotopic (exact) mass is 336 g/mol. The van der Waals surface area contributed by atoms with Gasteiger partial charge in [-0.1, -0.05) is 28.1 Å². The molecule has 0 radical (unpaired) electrons. The maximum atomic E-state index is 13.5. The lowest BCUT2D eigenvalue weighted by Gasteiger charge is -2.08. The van der Waals surface area contributed by atoms with Gasteiger partial charge < -0.3 is 4.74 Å². The molecule has 0 aliphatic heterocycles. The molecule has 2 aromatic carbocycles. The van der Waals surface area contributed by atoms with Gasteiger partial charge in [-0.2, -0.15) is 0 Å². The number of aryl methyl sites for hydroxylation is 2. The summed E-state index contributed by atoms with van der Waals surface area (Å²) in [5, 5.41) is 0. The zero-order valence-electron chi connectivity index (χ0n) is 11.2. The van der Waals surface area contributed by atoms with Gasteiger partial charge in [0.05, 0.1) is 0 Å². The van der Waals surface area contributed by atoms with Crippen molar-refractivity contribution in [2.75, 3.05) is 6.61 Å². The fourth-order valence-corrected chi connectivity index (χ4v) is 2.07. The molecule has 2 nitrogen and oxygen atoms in total. The van der Waals surface area contributed by atoms with Gasteiger partial charge >= 0.3 is 0 Å². The number of carbonyl (C=O) groups is 1. The van der Waals surface area contributed by atoms with Gasteiger partial charge in [-0.15, -0.1) is 0 Å². The van der Waals surface area contributed by atoms with E-state index in [9.17, 15) is 9.18 Å². The highest BCUT2D eigenvalue weighted by Gasteiger charge is 2.10. The second-order valence-corrected chi connectivity index (χ2v) is 5.50. The van der Waals surface area contributed by atoms with Gasteiger partial charge in [0.1, 0.15) is 0 Å². The Hall–Kier alpha value is -1.68. The Morgan fingerprint density at radius 2 is 1.90 bits per heavy atom.